The summed E-state index contributed by atoms with van der Waals surface area (Å²) in [6, 6.07) is 1.65. The van der Waals surface area contributed by atoms with Crippen molar-refractivity contribution in [2.45, 2.75) is 38.6 Å². The highest BCUT2D eigenvalue weighted by Gasteiger charge is 2.30. The number of nitrogens with zero attached hydrogens (tertiary/aromatic N) is 5. The Morgan fingerprint density at radius 2 is 2.03 bits per heavy atom. The second-order valence-electron chi connectivity index (χ2n) is 8.22. The number of H-pyrrole nitrogens is 1. The number of amides is 1. The van der Waals surface area contributed by atoms with Crippen LogP contribution in [0.15, 0.2) is 12.3 Å². The monoisotopic (exact) mass is 467 g/mol. The molecule has 1 aliphatic carbocycles. The average molecular weight is 468 g/mol. The van der Waals surface area contributed by atoms with Crippen LogP contribution in [0.4, 0.5) is 11.8 Å². The number of nitrogens with one attached hydrogen (secondary N) is 3. The molecule has 0 aromatic carbocycles. The van der Waals surface area contributed by atoms with Crippen LogP contribution >= 0.6 is 0 Å². The van der Waals surface area contributed by atoms with Crippen LogP contribution < -0.4 is 21.1 Å². The lowest BCUT2D eigenvalue weighted by Crippen LogP contribution is -2.39. The maximum atomic E-state index is 11.7. The number of methoxy groups -OCH3 is 2. The molecule has 0 bridgehead atoms. The van der Waals surface area contributed by atoms with Gasteiger partial charge in [-0.15, -0.1) is 0 Å². The molecule has 5 N–H and O–H groups in total. The quantitative estimate of drug-likeness (QED) is 0.344. The third kappa shape index (κ3) is 5.22. The minimum absolute atomic E-state index is 0.0137. The van der Waals surface area contributed by atoms with E-state index >= 15 is 0 Å². The molecule has 0 radical (unpaired) electrons. The number of anilines is 2. The van der Waals surface area contributed by atoms with Gasteiger partial charge < -0.3 is 30.8 Å². The molecule has 12 nitrogen and oxygen atoms in total. The third-order valence-corrected chi connectivity index (χ3v) is 5.33. The Bertz CT molecular complexity index is 1180. The lowest BCUT2D eigenvalue weighted by molar-refractivity contribution is -0.125. The summed E-state index contributed by atoms with van der Waals surface area (Å²) in [7, 11) is 2.98. The van der Waals surface area contributed by atoms with Gasteiger partial charge in [0.05, 0.1) is 24.2 Å². The van der Waals surface area contributed by atoms with Crippen molar-refractivity contribution in [3.63, 3.8) is 0 Å². The van der Waals surface area contributed by atoms with Crippen molar-refractivity contribution in [2.24, 2.45) is 0 Å². The van der Waals surface area contributed by atoms with E-state index in [2.05, 4.69) is 35.6 Å². The number of imidazole rings is 1. The molecule has 1 unspecified atom stereocenters. The van der Waals surface area contributed by atoms with E-state index in [1.165, 1.54) is 14.2 Å². The fourth-order valence-corrected chi connectivity index (χ4v) is 3.53. The molecule has 180 valence electrons. The Morgan fingerprint density at radius 3 is 2.74 bits per heavy atom. The number of nitrogen functional groups attached to an aromatic ring is 1. The standard InChI is InChI=1S/C22H29N9O3/c1-11(26-15(32)10-33-3)9-25-22-24-8-7-14(28-22)17-18(30-20(29-17)13-5-6-13)16-12(2)27-19(23)21(31-16)34-4/h7-8,11,13H,5-6,9-10H2,1-4H3,(H2,23,27)(H,26,32)(H,29,30)(H,24,25,28). The van der Waals surface area contributed by atoms with Crippen LogP contribution in [0.5, 0.6) is 5.88 Å². The first-order valence-electron chi connectivity index (χ1n) is 11.0. The Hall–Kier alpha value is -3.80. The SMILES string of the molecule is COCC(=O)NC(C)CNc1nccc(-c2nc(C3CC3)[nH]c2-c2nc(OC)c(N)nc2C)n1. The van der Waals surface area contributed by atoms with Gasteiger partial charge >= 0.3 is 0 Å². The van der Waals surface area contributed by atoms with Crippen molar-refractivity contribution in [1.82, 2.24) is 35.2 Å². The number of carbonyl (C=O) groups excluding carboxylic acids is 1. The third-order valence-electron chi connectivity index (χ3n) is 5.33. The highest BCUT2D eigenvalue weighted by Crippen LogP contribution is 2.41. The van der Waals surface area contributed by atoms with Crippen LogP contribution in [0.25, 0.3) is 22.8 Å². The first kappa shape index (κ1) is 23.4. The summed E-state index contributed by atoms with van der Waals surface area (Å²) < 4.78 is 10.1. The minimum atomic E-state index is -0.185. The second kappa shape index (κ2) is 10.00. The van der Waals surface area contributed by atoms with Gasteiger partial charge in [-0.1, -0.05) is 0 Å². The molecule has 0 saturated heterocycles. The highest BCUT2D eigenvalue weighted by atomic mass is 16.5. The van der Waals surface area contributed by atoms with E-state index in [4.69, 9.17) is 20.2 Å². The largest absolute Gasteiger partial charge is 0.478 e. The number of rotatable bonds is 10. The van der Waals surface area contributed by atoms with Crippen molar-refractivity contribution in [3.8, 4) is 28.7 Å². The maximum Gasteiger partial charge on any atom is 0.257 e. The molecule has 34 heavy (non-hydrogen) atoms. The molecule has 1 fully saturated rings. The lowest BCUT2D eigenvalue weighted by atomic mass is 10.1. The zero-order valence-electron chi connectivity index (χ0n) is 19.7. The van der Waals surface area contributed by atoms with Crippen LogP contribution in [-0.2, 0) is 9.53 Å². The van der Waals surface area contributed by atoms with Crippen molar-refractivity contribution in [1.29, 1.82) is 0 Å². The Balaban J connectivity index is 1.62. The van der Waals surface area contributed by atoms with E-state index in [0.29, 0.717) is 46.9 Å². The normalized spacial score (nSPS) is 14.0. The summed E-state index contributed by atoms with van der Waals surface area (Å²) in [5.41, 5.74) is 9.16. The van der Waals surface area contributed by atoms with Gasteiger partial charge in [-0.2, -0.15) is 0 Å². The molecular weight excluding hydrogens is 438 g/mol. The van der Waals surface area contributed by atoms with E-state index < -0.39 is 0 Å². The number of aryl methyl sites for hydroxylation is 1. The molecule has 3 aromatic heterocycles. The Kier molecular flexibility index (Phi) is 6.87. The lowest BCUT2D eigenvalue weighted by Gasteiger charge is -2.14. The predicted molar refractivity (Wildman–Crippen MR) is 126 cm³/mol. The number of aromatic amines is 1. The molecule has 12 heteroatoms. The molecule has 1 amide bonds. The molecule has 3 heterocycles. The summed E-state index contributed by atoms with van der Waals surface area (Å²) in [6.45, 7) is 4.18. The molecule has 4 rings (SSSR count). The van der Waals surface area contributed by atoms with Crippen LogP contribution in [0, 0.1) is 6.92 Å². The van der Waals surface area contributed by atoms with Gasteiger partial charge in [-0.25, -0.2) is 24.9 Å². The summed E-state index contributed by atoms with van der Waals surface area (Å²) in [4.78, 5) is 37.9. The molecule has 1 aliphatic rings. The number of ether oxygens (including phenoxy) is 2. The predicted octanol–water partition coefficient (Wildman–Crippen LogP) is 1.66. The van der Waals surface area contributed by atoms with E-state index in [0.717, 1.165) is 18.7 Å². The van der Waals surface area contributed by atoms with Crippen molar-refractivity contribution in [2.75, 3.05) is 38.4 Å². The summed E-state index contributed by atoms with van der Waals surface area (Å²) in [5, 5.41) is 6.00. The maximum absolute atomic E-state index is 11.7. The van der Waals surface area contributed by atoms with Crippen LogP contribution in [0.1, 0.15) is 37.2 Å². The number of aromatic nitrogens is 6. The van der Waals surface area contributed by atoms with Gasteiger partial charge in [0.2, 0.25) is 11.9 Å². The first-order chi connectivity index (χ1) is 16.4. The zero-order chi connectivity index (χ0) is 24.2. The van der Waals surface area contributed by atoms with Gasteiger partial charge in [-0.3, -0.25) is 4.79 Å². The number of hydrogen-bond acceptors (Lipinski definition) is 10. The van der Waals surface area contributed by atoms with Gasteiger partial charge in [0.15, 0.2) is 5.82 Å². The van der Waals surface area contributed by atoms with E-state index in [-0.39, 0.29) is 30.3 Å². The highest BCUT2D eigenvalue weighted by molar-refractivity contribution is 5.78. The summed E-state index contributed by atoms with van der Waals surface area (Å²) >= 11 is 0. The van der Waals surface area contributed by atoms with Gasteiger partial charge in [-0.05, 0) is 32.8 Å². The number of carbonyl (C=O) groups is 1. The van der Waals surface area contributed by atoms with Crippen LogP contribution in [0.3, 0.4) is 0 Å². The molecule has 3 aromatic rings. The molecule has 0 spiro atoms. The number of nitrogens with two attached hydrogens (primary N) is 1. The van der Waals surface area contributed by atoms with Crippen LogP contribution in [-0.4, -0.2) is 69.2 Å². The zero-order valence-corrected chi connectivity index (χ0v) is 19.7. The average Bonchev–Trinajstić information content (AvgIpc) is 3.57. The molecule has 1 saturated carbocycles. The van der Waals surface area contributed by atoms with E-state index in [9.17, 15) is 4.79 Å². The van der Waals surface area contributed by atoms with Crippen molar-refractivity contribution in [3.05, 3.63) is 23.8 Å². The number of hydrogen-bond donors (Lipinski definition) is 4. The topological polar surface area (TPSA) is 166 Å². The Morgan fingerprint density at radius 1 is 1.24 bits per heavy atom. The second-order valence-corrected chi connectivity index (χ2v) is 8.22. The van der Waals surface area contributed by atoms with E-state index in [1.54, 1.807) is 12.3 Å². The Labute approximate surface area is 197 Å². The fraction of sp³-hybridized carbons (Fsp3) is 0.455. The van der Waals surface area contributed by atoms with Gasteiger partial charge in [0.25, 0.3) is 5.88 Å². The van der Waals surface area contributed by atoms with Crippen LogP contribution in [0.2, 0.25) is 0 Å². The van der Waals surface area contributed by atoms with Crippen molar-refractivity contribution >= 4 is 17.7 Å². The molecule has 1 atom stereocenters. The smallest absolute Gasteiger partial charge is 0.257 e. The summed E-state index contributed by atoms with van der Waals surface area (Å²) in [6.07, 6.45) is 3.84. The first-order valence-corrected chi connectivity index (χ1v) is 11.0. The summed E-state index contributed by atoms with van der Waals surface area (Å²) in [5.74, 6) is 2.01. The van der Waals surface area contributed by atoms with E-state index in [1.807, 2.05) is 13.8 Å². The molecule has 0 aliphatic heterocycles. The van der Waals surface area contributed by atoms with Gasteiger partial charge in [0, 0.05) is 31.8 Å². The fourth-order valence-electron chi connectivity index (χ4n) is 3.53. The van der Waals surface area contributed by atoms with Crippen molar-refractivity contribution < 1.29 is 14.3 Å². The minimum Gasteiger partial charge on any atom is -0.478 e. The molecular formula is C22H29N9O3. The van der Waals surface area contributed by atoms with Gasteiger partial charge in [0.1, 0.15) is 23.8 Å².